The molecule has 0 spiro atoms. The summed E-state index contributed by atoms with van der Waals surface area (Å²) in [5.41, 5.74) is 2.87. The molecule has 2 aromatic heterocycles. The second kappa shape index (κ2) is 6.44. The fraction of sp³-hybridized carbons (Fsp3) is 0.222. The first-order valence-corrected chi connectivity index (χ1v) is 7.72. The van der Waals surface area contributed by atoms with Crippen molar-refractivity contribution < 1.29 is 13.6 Å². The molecule has 4 nitrogen and oxygen atoms in total. The number of pyridine rings is 1. The fourth-order valence-corrected chi connectivity index (χ4v) is 2.79. The van der Waals surface area contributed by atoms with Crippen molar-refractivity contribution >= 4 is 29.8 Å². The highest BCUT2D eigenvalue weighted by atomic mass is 35.5. The average Bonchev–Trinajstić information content (AvgIpc) is 3.15. The molecule has 0 saturated heterocycles. The number of aromatic nitrogens is 2. The highest BCUT2D eigenvalue weighted by Gasteiger charge is 2.43. The largest absolute Gasteiger partial charge is 0.309 e. The number of carbonyl (C=O) groups is 1. The summed E-state index contributed by atoms with van der Waals surface area (Å²) in [6, 6.07) is 8.61. The minimum absolute atomic E-state index is 0. The average molecular weight is 364 g/mol. The summed E-state index contributed by atoms with van der Waals surface area (Å²) < 4.78 is 28.4. The number of fused-ring (bicyclic) bond motifs is 1. The van der Waals surface area contributed by atoms with Crippen molar-refractivity contribution in [2.45, 2.75) is 19.5 Å². The van der Waals surface area contributed by atoms with Crippen molar-refractivity contribution in [3.63, 3.8) is 0 Å². The van der Waals surface area contributed by atoms with Crippen molar-refractivity contribution in [3.05, 3.63) is 54.1 Å². The monoisotopic (exact) mass is 363 g/mol. The zero-order valence-corrected chi connectivity index (χ0v) is 14.2. The third kappa shape index (κ3) is 3.22. The molecular weight excluding hydrogens is 348 g/mol. The highest BCUT2D eigenvalue weighted by molar-refractivity contribution is 5.94. The van der Waals surface area contributed by atoms with Crippen LogP contribution in [-0.4, -0.2) is 21.5 Å². The summed E-state index contributed by atoms with van der Waals surface area (Å²) in [6.45, 7) is 1.73. The molecule has 1 amide bonds. The van der Waals surface area contributed by atoms with E-state index in [1.54, 1.807) is 29.7 Å². The molecule has 1 aliphatic rings. The fourth-order valence-electron chi connectivity index (χ4n) is 2.79. The van der Waals surface area contributed by atoms with E-state index in [-0.39, 0.29) is 30.6 Å². The van der Waals surface area contributed by atoms with Crippen LogP contribution in [0.5, 0.6) is 0 Å². The standard InChI is InChI=1S/C18H15F2N3O.ClH/c1-10-12(3-2-4-14(10)19)11-5-6-17-21-16(9-23(17)8-11)22-18(24)13-7-15(13)20;/h2-6,8-9,13,15H,7H2,1H3,(H,22,24);1H/t13-,15+;/m1./s1. The second-order valence-corrected chi connectivity index (χ2v) is 6.07. The highest BCUT2D eigenvalue weighted by Crippen LogP contribution is 2.34. The number of anilines is 1. The minimum Gasteiger partial charge on any atom is -0.309 e. The number of hydrogen-bond acceptors (Lipinski definition) is 2. The van der Waals surface area contributed by atoms with Gasteiger partial charge in [0.05, 0.1) is 12.1 Å². The lowest BCUT2D eigenvalue weighted by molar-refractivity contribution is -0.117. The zero-order valence-electron chi connectivity index (χ0n) is 13.4. The Balaban J connectivity index is 0.00000182. The van der Waals surface area contributed by atoms with Crippen LogP contribution in [-0.2, 0) is 4.79 Å². The molecule has 130 valence electrons. The smallest absolute Gasteiger partial charge is 0.231 e. The van der Waals surface area contributed by atoms with Crippen LogP contribution in [0.25, 0.3) is 16.8 Å². The van der Waals surface area contributed by atoms with Crippen molar-refractivity contribution in [2.75, 3.05) is 5.32 Å². The number of carbonyl (C=O) groups excluding carboxylic acids is 1. The van der Waals surface area contributed by atoms with Crippen LogP contribution in [0.1, 0.15) is 12.0 Å². The molecule has 2 atom stereocenters. The molecule has 3 aromatic rings. The van der Waals surface area contributed by atoms with E-state index in [0.717, 1.165) is 11.1 Å². The van der Waals surface area contributed by atoms with Gasteiger partial charge in [-0.3, -0.25) is 4.79 Å². The van der Waals surface area contributed by atoms with E-state index in [0.29, 0.717) is 17.0 Å². The van der Waals surface area contributed by atoms with Crippen LogP contribution in [0.2, 0.25) is 0 Å². The third-order valence-corrected chi connectivity index (χ3v) is 4.33. The number of hydrogen-bond donors (Lipinski definition) is 1. The van der Waals surface area contributed by atoms with Crippen LogP contribution in [0.4, 0.5) is 14.6 Å². The van der Waals surface area contributed by atoms with E-state index in [9.17, 15) is 13.6 Å². The van der Waals surface area contributed by atoms with Gasteiger partial charge in [-0.15, -0.1) is 12.4 Å². The van der Waals surface area contributed by atoms with E-state index < -0.39 is 12.1 Å². The summed E-state index contributed by atoms with van der Waals surface area (Å²) in [5, 5.41) is 2.63. The van der Waals surface area contributed by atoms with Gasteiger partial charge in [0.15, 0.2) is 5.82 Å². The number of alkyl halides is 1. The van der Waals surface area contributed by atoms with Gasteiger partial charge in [0.2, 0.25) is 5.91 Å². The maximum Gasteiger partial charge on any atom is 0.231 e. The van der Waals surface area contributed by atoms with E-state index in [1.807, 2.05) is 18.3 Å². The van der Waals surface area contributed by atoms with Crippen LogP contribution in [0.3, 0.4) is 0 Å². The lowest BCUT2D eigenvalue weighted by atomic mass is 10.0. The predicted molar refractivity (Wildman–Crippen MR) is 94.2 cm³/mol. The van der Waals surface area contributed by atoms with E-state index in [2.05, 4.69) is 10.3 Å². The molecule has 0 aliphatic heterocycles. The maximum absolute atomic E-state index is 13.7. The first kappa shape index (κ1) is 17.4. The number of amides is 1. The van der Waals surface area contributed by atoms with Gasteiger partial charge in [-0.1, -0.05) is 12.1 Å². The van der Waals surface area contributed by atoms with Gasteiger partial charge in [0, 0.05) is 6.20 Å². The maximum atomic E-state index is 13.7. The summed E-state index contributed by atoms with van der Waals surface area (Å²) in [5.74, 6) is -0.768. The quantitative estimate of drug-likeness (QED) is 0.759. The second-order valence-electron chi connectivity index (χ2n) is 6.07. The van der Waals surface area contributed by atoms with Gasteiger partial charge >= 0.3 is 0 Å². The van der Waals surface area contributed by atoms with E-state index in [1.165, 1.54) is 6.07 Å². The van der Waals surface area contributed by atoms with Crippen LogP contribution in [0.15, 0.2) is 42.7 Å². The molecule has 25 heavy (non-hydrogen) atoms. The number of nitrogens with zero attached hydrogens (tertiary/aromatic N) is 2. The Labute approximate surface area is 149 Å². The topological polar surface area (TPSA) is 46.4 Å². The first-order valence-electron chi connectivity index (χ1n) is 7.72. The Morgan fingerprint density at radius 1 is 1.28 bits per heavy atom. The van der Waals surface area contributed by atoms with Crippen molar-refractivity contribution in [1.29, 1.82) is 0 Å². The van der Waals surface area contributed by atoms with Gasteiger partial charge in [-0.05, 0) is 48.2 Å². The minimum atomic E-state index is -1.04. The number of benzene rings is 1. The van der Waals surface area contributed by atoms with Crippen LogP contribution in [0, 0.1) is 18.7 Å². The van der Waals surface area contributed by atoms with Gasteiger partial charge in [-0.25, -0.2) is 13.8 Å². The molecule has 2 heterocycles. The predicted octanol–water partition coefficient (Wildman–Crippen LogP) is 4.17. The lowest BCUT2D eigenvalue weighted by Gasteiger charge is -2.07. The number of rotatable bonds is 3. The first-order chi connectivity index (χ1) is 11.5. The number of halogens is 3. The number of nitrogens with one attached hydrogen (secondary N) is 1. The van der Waals surface area contributed by atoms with Gasteiger partial charge < -0.3 is 9.72 Å². The summed E-state index contributed by atoms with van der Waals surface area (Å²) in [7, 11) is 0. The third-order valence-electron chi connectivity index (χ3n) is 4.33. The summed E-state index contributed by atoms with van der Waals surface area (Å²) in [4.78, 5) is 16.1. The molecule has 0 unspecified atom stereocenters. The Kier molecular flexibility index (Phi) is 4.47. The van der Waals surface area contributed by atoms with Crippen molar-refractivity contribution in [3.8, 4) is 11.1 Å². The molecule has 1 saturated carbocycles. The molecule has 1 aliphatic carbocycles. The summed E-state index contributed by atoms with van der Waals surface area (Å²) >= 11 is 0. The lowest BCUT2D eigenvalue weighted by Crippen LogP contribution is -2.15. The van der Waals surface area contributed by atoms with Gasteiger partial charge in [0.1, 0.15) is 17.6 Å². The Hall–Kier alpha value is -2.47. The van der Waals surface area contributed by atoms with E-state index >= 15 is 0 Å². The molecular formula is C18H16ClF2N3O. The number of imidazole rings is 1. The molecule has 4 rings (SSSR count). The molecule has 1 fully saturated rings. The molecule has 0 radical (unpaired) electrons. The summed E-state index contributed by atoms with van der Waals surface area (Å²) in [6.07, 6.45) is 2.74. The molecule has 1 N–H and O–H groups in total. The SMILES string of the molecule is Cc1c(F)cccc1-c1ccc2nc(NC(=O)[C@@H]3C[C@@H]3F)cn2c1.Cl. The Morgan fingerprint density at radius 2 is 2.04 bits per heavy atom. The Bertz CT molecular complexity index is 957. The van der Waals surface area contributed by atoms with Crippen LogP contribution < -0.4 is 5.32 Å². The molecule has 0 bridgehead atoms. The normalized spacial score (nSPS) is 18.7. The van der Waals surface area contributed by atoms with Gasteiger partial charge in [-0.2, -0.15) is 0 Å². The zero-order chi connectivity index (χ0) is 16.8. The molecule has 1 aromatic carbocycles. The van der Waals surface area contributed by atoms with Crippen LogP contribution >= 0.6 is 12.4 Å². The van der Waals surface area contributed by atoms with Crippen molar-refractivity contribution in [1.82, 2.24) is 9.38 Å². The Morgan fingerprint density at radius 3 is 2.76 bits per heavy atom. The molecule has 7 heteroatoms. The van der Waals surface area contributed by atoms with Crippen molar-refractivity contribution in [2.24, 2.45) is 5.92 Å². The van der Waals surface area contributed by atoms with Gasteiger partial charge in [0.25, 0.3) is 0 Å². The van der Waals surface area contributed by atoms with E-state index in [4.69, 9.17) is 0 Å².